The molecule has 2 aromatic carbocycles. The summed E-state index contributed by atoms with van der Waals surface area (Å²) < 4.78 is 4.68. The highest BCUT2D eigenvalue weighted by molar-refractivity contribution is 6.24. The molecule has 166 valence electrons. The number of fused-ring (bicyclic) bond motifs is 8. The molecule has 35 heavy (non-hydrogen) atoms. The SMILES string of the molecule is C1=CC2NC=C(n3c4cccnc4c4cnc5c(c6ccccc6n5-c5ccccc5)c43)C2C=C1. The average molecular weight is 452 g/mol. The van der Waals surface area contributed by atoms with Gasteiger partial charge in [-0.15, -0.1) is 0 Å². The molecule has 0 saturated carbocycles. The molecule has 1 N–H and O–H groups in total. The van der Waals surface area contributed by atoms with Gasteiger partial charge in [-0.2, -0.15) is 0 Å². The van der Waals surface area contributed by atoms with Gasteiger partial charge in [-0.1, -0.05) is 60.7 Å². The van der Waals surface area contributed by atoms with Crippen molar-refractivity contribution in [2.24, 2.45) is 5.92 Å². The Balaban J connectivity index is 1.57. The molecule has 0 amide bonds. The molecule has 4 aromatic heterocycles. The van der Waals surface area contributed by atoms with Gasteiger partial charge in [0.25, 0.3) is 0 Å². The molecule has 2 atom stereocenters. The van der Waals surface area contributed by atoms with Crippen LogP contribution in [0, 0.1) is 5.92 Å². The summed E-state index contributed by atoms with van der Waals surface area (Å²) in [5, 5.41) is 7.00. The quantitative estimate of drug-likeness (QED) is 0.341. The summed E-state index contributed by atoms with van der Waals surface area (Å²) in [7, 11) is 0. The van der Waals surface area contributed by atoms with E-state index in [4.69, 9.17) is 9.97 Å². The van der Waals surface area contributed by atoms with Crippen LogP contribution < -0.4 is 5.32 Å². The standard InChI is InChI=1S/C30H21N5/c1-2-9-19(10-3-1)34-24-14-7-5-12-21(24)27-29-22(17-33-30(27)34)28-25(15-8-16-31-28)35(29)26-18-32-23-13-6-4-11-20(23)26/h1-18,20,23,32H. The van der Waals surface area contributed by atoms with Crippen molar-refractivity contribution < 1.29 is 0 Å². The summed E-state index contributed by atoms with van der Waals surface area (Å²) in [6, 6.07) is 23.5. The highest BCUT2D eigenvalue weighted by Gasteiger charge is 2.31. The number of hydrogen-bond acceptors (Lipinski definition) is 3. The zero-order chi connectivity index (χ0) is 22.9. The van der Waals surface area contributed by atoms with Crippen molar-refractivity contribution in [2.75, 3.05) is 0 Å². The molecule has 0 radical (unpaired) electrons. The van der Waals surface area contributed by atoms with E-state index in [1.807, 2.05) is 18.5 Å². The van der Waals surface area contributed by atoms with Gasteiger partial charge in [0.2, 0.25) is 0 Å². The van der Waals surface area contributed by atoms with Gasteiger partial charge in [0.1, 0.15) is 5.65 Å². The summed E-state index contributed by atoms with van der Waals surface area (Å²) >= 11 is 0. The third-order valence-electron chi connectivity index (χ3n) is 7.34. The molecule has 0 saturated heterocycles. The van der Waals surface area contributed by atoms with Crippen molar-refractivity contribution in [3.63, 3.8) is 0 Å². The Kier molecular flexibility index (Phi) is 3.71. The van der Waals surface area contributed by atoms with E-state index < -0.39 is 0 Å². The summed E-state index contributed by atoms with van der Waals surface area (Å²) in [6.07, 6.45) is 14.8. The lowest BCUT2D eigenvalue weighted by Crippen LogP contribution is -2.25. The van der Waals surface area contributed by atoms with Crippen molar-refractivity contribution >= 4 is 49.6 Å². The van der Waals surface area contributed by atoms with Crippen LogP contribution in [0.3, 0.4) is 0 Å². The Labute approximate surface area is 201 Å². The first kappa shape index (κ1) is 18.7. The second kappa shape index (κ2) is 6.93. The number of pyridine rings is 2. The fourth-order valence-electron chi connectivity index (χ4n) is 5.86. The van der Waals surface area contributed by atoms with Gasteiger partial charge in [-0.05, 0) is 30.3 Å². The van der Waals surface area contributed by atoms with E-state index in [2.05, 4.69) is 106 Å². The second-order valence-electron chi connectivity index (χ2n) is 9.17. The Morgan fingerprint density at radius 2 is 1.57 bits per heavy atom. The molecule has 2 aliphatic rings. The van der Waals surface area contributed by atoms with Crippen molar-refractivity contribution in [1.29, 1.82) is 0 Å². The van der Waals surface area contributed by atoms with Crippen LogP contribution in [0.2, 0.25) is 0 Å². The minimum absolute atomic E-state index is 0.254. The molecular formula is C30H21N5. The summed E-state index contributed by atoms with van der Waals surface area (Å²) in [6.45, 7) is 0. The smallest absolute Gasteiger partial charge is 0.147 e. The lowest BCUT2D eigenvalue weighted by molar-refractivity contribution is 0.648. The minimum Gasteiger partial charge on any atom is -0.382 e. The molecular weight excluding hydrogens is 430 g/mol. The first-order chi connectivity index (χ1) is 17.4. The first-order valence-corrected chi connectivity index (χ1v) is 11.9. The summed E-state index contributed by atoms with van der Waals surface area (Å²) in [5.74, 6) is 0.254. The molecule has 5 heteroatoms. The molecule has 0 spiro atoms. The molecule has 1 aliphatic carbocycles. The van der Waals surface area contributed by atoms with Crippen LogP contribution in [0.1, 0.15) is 0 Å². The second-order valence-corrected chi connectivity index (χ2v) is 9.17. The maximum absolute atomic E-state index is 5.04. The number of nitrogens with one attached hydrogen (secondary N) is 1. The number of para-hydroxylation sites is 2. The maximum atomic E-state index is 5.04. The molecule has 8 rings (SSSR count). The Morgan fingerprint density at radius 3 is 2.51 bits per heavy atom. The number of aromatic nitrogens is 4. The van der Waals surface area contributed by atoms with E-state index in [-0.39, 0.29) is 12.0 Å². The summed E-state index contributed by atoms with van der Waals surface area (Å²) in [4.78, 5) is 9.85. The van der Waals surface area contributed by atoms with Gasteiger partial charge in [0.05, 0.1) is 33.5 Å². The minimum atomic E-state index is 0.254. The number of rotatable bonds is 2. The zero-order valence-corrected chi connectivity index (χ0v) is 18.8. The van der Waals surface area contributed by atoms with E-state index in [1.165, 1.54) is 11.1 Å². The van der Waals surface area contributed by atoms with Crippen LogP contribution >= 0.6 is 0 Å². The van der Waals surface area contributed by atoms with Crippen molar-refractivity contribution in [1.82, 2.24) is 24.4 Å². The van der Waals surface area contributed by atoms with Gasteiger partial charge in [0.15, 0.2) is 0 Å². The van der Waals surface area contributed by atoms with Crippen LogP contribution in [0.25, 0.3) is 55.3 Å². The molecule has 5 heterocycles. The third-order valence-corrected chi connectivity index (χ3v) is 7.34. The molecule has 2 unspecified atom stereocenters. The highest BCUT2D eigenvalue weighted by Crippen LogP contribution is 2.42. The molecule has 6 aromatic rings. The Bertz CT molecular complexity index is 1880. The predicted octanol–water partition coefficient (Wildman–Crippen LogP) is 6.19. The van der Waals surface area contributed by atoms with Crippen molar-refractivity contribution in [3.05, 3.63) is 110 Å². The average Bonchev–Trinajstić information content (AvgIpc) is 3.59. The lowest BCUT2D eigenvalue weighted by Gasteiger charge is -2.20. The van der Waals surface area contributed by atoms with Crippen molar-refractivity contribution in [3.8, 4) is 5.69 Å². The van der Waals surface area contributed by atoms with Crippen LogP contribution in [0.4, 0.5) is 0 Å². The Hall–Kier alpha value is -4.64. The third kappa shape index (κ3) is 2.47. The number of benzene rings is 2. The lowest BCUT2D eigenvalue weighted by atomic mass is 9.95. The fraction of sp³-hybridized carbons (Fsp3) is 0.0667. The van der Waals surface area contributed by atoms with E-state index in [0.717, 1.165) is 44.2 Å². The van der Waals surface area contributed by atoms with E-state index in [1.54, 1.807) is 0 Å². The highest BCUT2D eigenvalue weighted by atomic mass is 15.1. The van der Waals surface area contributed by atoms with Gasteiger partial charge in [-0.3, -0.25) is 9.55 Å². The van der Waals surface area contributed by atoms with Crippen molar-refractivity contribution in [2.45, 2.75) is 6.04 Å². The molecule has 0 fully saturated rings. The van der Waals surface area contributed by atoms with Crippen LogP contribution in [-0.4, -0.2) is 25.1 Å². The molecule has 5 nitrogen and oxygen atoms in total. The fourth-order valence-corrected chi connectivity index (χ4v) is 5.86. The van der Waals surface area contributed by atoms with Gasteiger partial charge >= 0.3 is 0 Å². The van der Waals surface area contributed by atoms with Crippen LogP contribution in [-0.2, 0) is 0 Å². The first-order valence-electron chi connectivity index (χ1n) is 11.9. The monoisotopic (exact) mass is 451 g/mol. The van der Waals surface area contributed by atoms with E-state index in [9.17, 15) is 0 Å². The number of allylic oxidation sites excluding steroid dienone is 2. The predicted molar refractivity (Wildman–Crippen MR) is 142 cm³/mol. The molecule has 1 aliphatic heterocycles. The maximum Gasteiger partial charge on any atom is 0.147 e. The number of hydrogen-bond donors (Lipinski definition) is 1. The van der Waals surface area contributed by atoms with Gasteiger partial charge in [0, 0.05) is 46.7 Å². The van der Waals surface area contributed by atoms with Gasteiger partial charge < -0.3 is 9.88 Å². The zero-order valence-electron chi connectivity index (χ0n) is 18.8. The van der Waals surface area contributed by atoms with Crippen LogP contribution in [0.15, 0.2) is 110 Å². The van der Waals surface area contributed by atoms with Gasteiger partial charge in [-0.25, -0.2) is 4.98 Å². The topological polar surface area (TPSA) is 47.7 Å². The van der Waals surface area contributed by atoms with E-state index in [0.29, 0.717) is 0 Å². The Morgan fingerprint density at radius 1 is 0.743 bits per heavy atom. The normalized spacial score (nSPS) is 19.0. The summed E-state index contributed by atoms with van der Waals surface area (Å²) in [5.41, 5.74) is 7.68. The van der Waals surface area contributed by atoms with Crippen LogP contribution in [0.5, 0.6) is 0 Å². The molecule has 0 bridgehead atoms. The number of nitrogens with zero attached hydrogens (tertiary/aromatic N) is 4. The van der Waals surface area contributed by atoms with E-state index >= 15 is 0 Å². The largest absolute Gasteiger partial charge is 0.382 e.